The van der Waals surface area contributed by atoms with Crippen molar-refractivity contribution in [2.45, 2.75) is 84.7 Å². The molecule has 12 heteroatoms. The van der Waals surface area contributed by atoms with Gasteiger partial charge < -0.3 is 52.7 Å². The number of hydrogen-bond acceptors (Lipinski definition) is 11. The first-order valence-corrected chi connectivity index (χ1v) is 18.7. The smallest absolute Gasteiger partial charge is 0.407 e. The van der Waals surface area contributed by atoms with Crippen molar-refractivity contribution in [3.8, 4) is 5.75 Å². The topological polar surface area (TPSA) is 121 Å². The molecule has 0 aliphatic heterocycles. The average Bonchev–Trinajstić information content (AvgIpc) is 3.09. The van der Waals surface area contributed by atoms with E-state index in [0.717, 1.165) is 12.2 Å². The normalized spacial score (nSPS) is 11.6. The van der Waals surface area contributed by atoms with E-state index in [-0.39, 0.29) is 0 Å². The molecule has 0 fully saturated rings. The SMILES string of the molecule is CCCCCCCCCc1ccc(OCCOCCOCCOCCOCCOCCOCCOCCOCCNC(=O)OC(C)(C)C)cc1. The Morgan fingerprint density at radius 1 is 0.520 bits per heavy atom. The summed E-state index contributed by atoms with van der Waals surface area (Å²) in [6.07, 6.45) is 10.1. The summed E-state index contributed by atoms with van der Waals surface area (Å²) < 4.78 is 54.9. The van der Waals surface area contributed by atoms with Gasteiger partial charge in [-0.25, -0.2) is 4.79 Å². The number of benzene rings is 1. The highest BCUT2D eigenvalue weighted by atomic mass is 16.6. The molecule has 1 aromatic rings. The first-order chi connectivity index (χ1) is 24.4. The maximum Gasteiger partial charge on any atom is 0.407 e. The van der Waals surface area contributed by atoms with E-state index in [0.29, 0.717) is 119 Å². The van der Waals surface area contributed by atoms with Crippen LogP contribution in [0.5, 0.6) is 5.75 Å². The van der Waals surface area contributed by atoms with Crippen LogP contribution in [0.1, 0.15) is 78.2 Å². The number of amides is 1. The van der Waals surface area contributed by atoms with Gasteiger partial charge in [-0.2, -0.15) is 0 Å². The van der Waals surface area contributed by atoms with Gasteiger partial charge in [0.2, 0.25) is 0 Å². The summed E-state index contributed by atoms with van der Waals surface area (Å²) in [7, 11) is 0. The molecule has 1 aromatic carbocycles. The summed E-state index contributed by atoms with van der Waals surface area (Å²) in [6, 6.07) is 8.44. The molecule has 1 amide bonds. The van der Waals surface area contributed by atoms with Crippen molar-refractivity contribution in [3.63, 3.8) is 0 Å². The highest BCUT2D eigenvalue weighted by Gasteiger charge is 2.15. The van der Waals surface area contributed by atoms with Crippen molar-refractivity contribution in [2.24, 2.45) is 0 Å². The fourth-order valence-electron chi connectivity index (χ4n) is 4.44. The second-order valence-electron chi connectivity index (χ2n) is 12.7. The van der Waals surface area contributed by atoms with Crippen molar-refractivity contribution in [1.82, 2.24) is 5.32 Å². The monoisotopic (exact) mass is 715 g/mol. The van der Waals surface area contributed by atoms with Gasteiger partial charge in [-0.15, -0.1) is 0 Å². The van der Waals surface area contributed by atoms with Gasteiger partial charge in [0.1, 0.15) is 18.0 Å². The summed E-state index contributed by atoms with van der Waals surface area (Å²) in [6.45, 7) is 16.5. The first kappa shape index (κ1) is 46.0. The molecule has 0 aliphatic rings. The Morgan fingerprint density at radius 3 is 1.32 bits per heavy atom. The predicted octanol–water partition coefficient (Wildman–Crippen LogP) is 6.02. The zero-order valence-electron chi connectivity index (χ0n) is 31.7. The molecule has 0 aromatic heterocycles. The number of carbonyl (C=O) groups is 1. The Balaban J connectivity index is 1.72. The molecule has 0 radical (unpaired) electrons. The second kappa shape index (κ2) is 34.1. The molecule has 0 heterocycles. The zero-order valence-corrected chi connectivity index (χ0v) is 31.7. The lowest BCUT2D eigenvalue weighted by Crippen LogP contribution is -2.34. The number of carbonyl (C=O) groups excluding carboxylic acids is 1. The number of rotatable bonds is 36. The maximum absolute atomic E-state index is 11.5. The Morgan fingerprint density at radius 2 is 0.900 bits per heavy atom. The van der Waals surface area contributed by atoms with Gasteiger partial charge in [0.05, 0.1) is 106 Å². The third-order valence-electron chi connectivity index (χ3n) is 7.01. The molecule has 292 valence electrons. The van der Waals surface area contributed by atoms with Crippen molar-refractivity contribution in [3.05, 3.63) is 29.8 Å². The van der Waals surface area contributed by atoms with Crippen LogP contribution in [-0.4, -0.2) is 131 Å². The van der Waals surface area contributed by atoms with Crippen LogP contribution in [0, 0.1) is 0 Å². The highest BCUT2D eigenvalue weighted by molar-refractivity contribution is 5.67. The van der Waals surface area contributed by atoms with Gasteiger partial charge in [0.25, 0.3) is 0 Å². The molecular formula is C38H69NO11. The summed E-state index contributed by atoms with van der Waals surface area (Å²) >= 11 is 0. The lowest BCUT2D eigenvalue weighted by Gasteiger charge is -2.19. The highest BCUT2D eigenvalue weighted by Crippen LogP contribution is 2.15. The van der Waals surface area contributed by atoms with E-state index >= 15 is 0 Å². The van der Waals surface area contributed by atoms with Crippen molar-refractivity contribution >= 4 is 6.09 Å². The molecule has 0 bridgehead atoms. The molecule has 0 aliphatic carbocycles. The van der Waals surface area contributed by atoms with Crippen LogP contribution in [0.25, 0.3) is 0 Å². The maximum atomic E-state index is 11.5. The van der Waals surface area contributed by atoms with Crippen molar-refractivity contribution in [2.75, 3.05) is 119 Å². The lowest BCUT2D eigenvalue weighted by atomic mass is 10.0. The van der Waals surface area contributed by atoms with E-state index in [1.807, 2.05) is 20.8 Å². The Bertz CT molecular complexity index is 867. The Kier molecular flexibility index (Phi) is 31.3. The number of unbranched alkanes of at least 4 members (excludes halogenated alkanes) is 6. The van der Waals surface area contributed by atoms with Crippen LogP contribution in [0.4, 0.5) is 4.79 Å². The van der Waals surface area contributed by atoms with Gasteiger partial charge >= 0.3 is 6.09 Å². The standard InChI is InChI=1S/C38H69NO11/c1-5-6-7-8-9-10-11-12-35-13-15-36(16-14-35)49-34-33-48-32-31-47-30-29-46-28-27-45-26-25-44-24-23-43-22-21-42-20-19-41-18-17-39-37(40)50-38(2,3)4/h13-16H,5-12,17-34H2,1-4H3,(H,39,40). The molecule has 12 nitrogen and oxygen atoms in total. The molecule has 1 N–H and O–H groups in total. The molecule has 0 atom stereocenters. The van der Waals surface area contributed by atoms with Gasteiger partial charge in [-0.3, -0.25) is 0 Å². The average molecular weight is 716 g/mol. The Hall–Kier alpha value is -2.03. The van der Waals surface area contributed by atoms with Gasteiger partial charge in [0.15, 0.2) is 0 Å². The molecule has 50 heavy (non-hydrogen) atoms. The van der Waals surface area contributed by atoms with Gasteiger partial charge in [0, 0.05) is 6.54 Å². The minimum atomic E-state index is -0.509. The summed E-state index contributed by atoms with van der Waals surface area (Å²) in [4.78, 5) is 11.5. The van der Waals surface area contributed by atoms with Gasteiger partial charge in [-0.1, -0.05) is 57.6 Å². The fraction of sp³-hybridized carbons (Fsp3) is 0.816. The largest absolute Gasteiger partial charge is 0.491 e. The quantitative estimate of drug-likeness (QED) is 0.0822. The van der Waals surface area contributed by atoms with E-state index in [4.69, 9.17) is 47.4 Å². The number of hydrogen-bond donors (Lipinski definition) is 1. The van der Waals surface area contributed by atoms with E-state index in [2.05, 4.69) is 36.5 Å². The fourth-order valence-corrected chi connectivity index (χ4v) is 4.44. The summed E-state index contributed by atoms with van der Waals surface area (Å²) in [5, 5.41) is 2.63. The van der Waals surface area contributed by atoms with Crippen LogP contribution in [-0.2, 0) is 49.1 Å². The number of ether oxygens (including phenoxy) is 10. The van der Waals surface area contributed by atoms with Crippen LogP contribution >= 0.6 is 0 Å². The minimum absolute atomic E-state index is 0.386. The zero-order chi connectivity index (χ0) is 36.2. The minimum Gasteiger partial charge on any atom is -0.491 e. The van der Waals surface area contributed by atoms with Crippen LogP contribution in [0.15, 0.2) is 24.3 Å². The van der Waals surface area contributed by atoms with E-state index in [1.165, 1.54) is 50.5 Å². The van der Waals surface area contributed by atoms with Crippen LogP contribution in [0.2, 0.25) is 0 Å². The lowest BCUT2D eigenvalue weighted by molar-refractivity contribution is -0.0235. The molecule has 1 rings (SSSR count). The number of aryl methyl sites for hydroxylation is 1. The summed E-state index contributed by atoms with van der Waals surface area (Å²) in [5.74, 6) is 0.884. The molecule has 0 spiro atoms. The molecular weight excluding hydrogens is 646 g/mol. The third-order valence-corrected chi connectivity index (χ3v) is 7.01. The third kappa shape index (κ3) is 33.1. The molecule has 0 saturated carbocycles. The number of nitrogens with one attached hydrogen (secondary N) is 1. The Labute approximate surface area is 302 Å². The van der Waals surface area contributed by atoms with E-state index < -0.39 is 11.7 Å². The van der Waals surface area contributed by atoms with Crippen LogP contribution < -0.4 is 10.1 Å². The predicted molar refractivity (Wildman–Crippen MR) is 194 cm³/mol. The molecule has 0 saturated heterocycles. The van der Waals surface area contributed by atoms with E-state index in [1.54, 1.807) is 0 Å². The van der Waals surface area contributed by atoms with E-state index in [9.17, 15) is 4.79 Å². The summed E-state index contributed by atoms with van der Waals surface area (Å²) in [5.41, 5.74) is 0.868. The number of alkyl carbamates (subject to hydrolysis) is 1. The van der Waals surface area contributed by atoms with Crippen molar-refractivity contribution < 1.29 is 52.2 Å². The van der Waals surface area contributed by atoms with Gasteiger partial charge in [-0.05, 0) is 51.3 Å². The van der Waals surface area contributed by atoms with Crippen LogP contribution in [0.3, 0.4) is 0 Å². The van der Waals surface area contributed by atoms with Crippen molar-refractivity contribution in [1.29, 1.82) is 0 Å². The first-order valence-electron chi connectivity index (χ1n) is 18.7. The molecule has 0 unspecified atom stereocenters. The second-order valence-corrected chi connectivity index (χ2v) is 12.7.